The third kappa shape index (κ3) is 4.21. The molecule has 0 atom stereocenters. The molecule has 1 saturated carbocycles. The summed E-state index contributed by atoms with van der Waals surface area (Å²) in [7, 11) is 1.77. The van der Waals surface area contributed by atoms with E-state index in [4.69, 9.17) is 9.84 Å². The zero-order valence-electron chi connectivity index (χ0n) is 12.9. The number of hydrogen-bond acceptors (Lipinski definition) is 3. The Hall–Kier alpha value is -1.55. The number of carboxylic acids is 1. The van der Waals surface area contributed by atoms with Crippen LogP contribution in [-0.2, 0) is 9.53 Å². The molecule has 4 heteroatoms. The number of carboxylic acid groups (broad SMARTS) is 1. The van der Waals surface area contributed by atoms with Crippen LogP contribution in [0.15, 0.2) is 24.3 Å². The van der Waals surface area contributed by atoms with Gasteiger partial charge in [0.2, 0.25) is 0 Å². The molecule has 1 aromatic rings. The lowest BCUT2D eigenvalue weighted by atomic mass is 9.91. The summed E-state index contributed by atoms with van der Waals surface area (Å²) >= 11 is 0. The van der Waals surface area contributed by atoms with Crippen LogP contribution in [0, 0.1) is 6.92 Å². The van der Waals surface area contributed by atoms with Gasteiger partial charge in [0.25, 0.3) is 0 Å². The number of nitrogens with zero attached hydrogens (tertiary/aromatic N) is 1. The Morgan fingerprint density at radius 2 is 1.95 bits per heavy atom. The molecule has 0 saturated heterocycles. The van der Waals surface area contributed by atoms with Crippen LogP contribution >= 0.6 is 0 Å². The summed E-state index contributed by atoms with van der Waals surface area (Å²) in [5.74, 6) is -0.737. The first kappa shape index (κ1) is 15.8. The average Bonchev–Trinajstić information content (AvgIpc) is 2.49. The van der Waals surface area contributed by atoms with E-state index in [9.17, 15) is 4.79 Å². The van der Waals surface area contributed by atoms with Crippen molar-refractivity contribution in [2.24, 2.45) is 0 Å². The Morgan fingerprint density at radius 1 is 1.29 bits per heavy atom. The zero-order valence-corrected chi connectivity index (χ0v) is 12.9. The van der Waals surface area contributed by atoms with Crippen LogP contribution < -0.4 is 4.90 Å². The lowest BCUT2D eigenvalue weighted by Gasteiger charge is -2.38. The third-order valence-electron chi connectivity index (χ3n) is 4.41. The second-order valence-corrected chi connectivity index (χ2v) is 5.79. The van der Waals surface area contributed by atoms with Gasteiger partial charge in [-0.15, -0.1) is 0 Å². The molecule has 116 valence electrons. The Kier molecular flexibility index (Phi) is 5.62. The Balaban J connectivity index is 2.13. The van der Waals surface area contributed by atoms with Gasteiger partial charge in [0.1, 0.15) is 0 Å². The summed E-state index contributed by atoms with van der Waals surface area (Å²) in [4.78, 5) is 13.2. The average molecular weight is 291 g/mol. The fourth-order valence-electron chi connectivity index (χ4n) is 3.19. The van der Waals surface area contributed by atoms with Gasteiger partial charge in [-0.3, -0.25) is 4.79 Å². The number of ether oxygens (including phenoxy) is 1. The van der Waals surface area contributed by atoms with E-state index in [1.165, 1.54) is 11.3 Å². The second-order valence-electron chi connectivity index (χ2n) is 5.79. The molecular formula is C17H25NO3. The maximum atomic E-state index is 11.0. The van der Waals surface area contributed by atoms with Crippen molar-refractivity contribution in [1.82, 2.24) is 0 Å². The van der Waals surface area contributed by atoms with Crippen LogP contribution in [0.4, 0.5) is 5.69 Å². The second kappa shape index (κ2) is 7.46. The van der Waals surface area contributed by atoms with Gasteiger partial charge in [-0.2, -0.15) is 0 Å². The van der Waals surface area contributed by atoms with E-state index in [0.29, 0.717) is 18.7 Å². The molecule has 1 aliphatic rings. The predicted octanol–water partition coefficient (Wildman–Crippen LogP) is 3.23. The molecule has 0 aromatic heterocycles. The molecule has 1 fully saturated rings. The quantitative estimate of drug-likeness (QED) is 0.874. The van der Waals surface area contributed by atoms with E-state index in [-0.39, 0.29) is 6.42 Å². The number of benzene rings is 1. The van der Waals surface area contributed by atoms with E-state index in [1.54, 1.807) is 7.11 Å². The van der Waals surface area contributed by atoms with Gasteiger partial charge in [-0.1, -0.05) is 18.2 Å². The first-order valence-electron chi connectivity index (χ1n) is 7.68. The smallest absolute Gasteiger partial charge is 0.305 e. The van der Waals surface area contributed by atoms with Gasteiger partial charge >= 0.3 is 5.97 Å². The number of anilines is 1. The molecular weight excluding hydrogens is 266 g/mol. The van der Waals surface area contributed by atoms with E-state index >= 15 is 0 Å². The Labute approximate surface area is 126 Å². The van der Waals surface area contributed by atoms with Crippen LogP contribution in [-0.4, -0.2) is 36.9 Å². The number of methoxy groups -OCH3 is 1. The highest BCUT2D eigenvalue weighted by Crippen LogP contribution is 2.30. The minimum atomic E-state index is -0.737. The van der Waals surface area contributed by atoms with E-state index in [1.807, 2.05) is 12.1 Å². The molecule has 0 amide bonds. The molecule has 0 unspecified atom stereocenters. The number of aryl methyl sites for hydroxylation is 1. The molecule has 0 aliphatic heterocycles. The number of hydrogen-bond donors (Lipinski definition) is 1. The van der Waals surface area contributed by atoms with Crippen LogP contribution in [0.2, 0.25) is 0 Å². The summed E-state index contributed by atoms with van der Waals surface area (Å²) < 4.78 is 5.43. The highest BCUT2D eigenvalue weighted by Gasteiger charge is 2.26. The van der Waals surface area contributed by atoms with Gasteiger partial charge in [0.15, 0.2) is 0 Å². The van der Waals surface area contributed by atoms with E-state index < -0.39 is 5.97 Å². The first-order chi connectivity index (χ1) is 10.1. The van der Waals surface area contributed by atoms with Gasteiger partial charge in [0, 0.05) is 25.4 Å². The van der Waals surface area contributed by atoms with E-state index in [2.05, 4.69) is 24.0 Å². The minimum absolute atomic E-state index is 0.179. The topological polar surface area (TPSA) is 49.8 Å². The van der Waals surface area contributed by atoms with Crippen LogP contribution in [0.25, 0.3) is 0 Å². The largest absolute Gasteiger partial charge is 0.481 e. The van der Waals surface area contributed by atoms with Crippen molar-refractivity contribution >= 4 is 11.7 Å². The van der Waals surface area contributed by atoms with Crippen LogP contribution in [0.3, 0.4) is 0 Å². The number of rotatable bonds is 6. The fourth-order valence-corrected chi connectivity index (χ4v) is 3.19. The van der Waals surface area contributed by atoms with Crippen molar-refractivity contribution in [1.29, 1.82) is 0 Å². The Bertz CT molecular complexity index is 467. The standard InChI is InChI=1S/C17H25NO3/c1-13-5-3-4-6-16(13)18(12-11-17(19)20)14-7-9-15(21-2)10-8-14/h3-6,14-15H,7-12H2,1-2H3,(H,19,20). The molecule has 0 bridgehead atoms. The molecule has 21 heavy (non-hydrogen) atoms. The van der Waals surface area contributed by atoms with Gasteiger partial charge in [0.05, 0.1) is 12.5 Å². The van der Waals surface area contributed by atoms with Crippen LogP contribution in [0.5, 0.6) is 0 Å². The molecule has 4 nitrogen and oxygen atoms in total. The summed E-state index contributed by atoms with van der Waals surface area (Å²) in [5, 5.41) is 9.01. The van der Waals surface area contributed by atoms with Gasteiger partial charge in [-0.05, 0) is 44.2 Å². The normalized spacial score (nSPS) is 22.0. The van der Waals surface area contributed by atoms with E-state index in [0.717, 1.165) is 25.7 Å². The summed E-state index contributed by atoms with van der Waals surface area (Å²) in [6.07, 6.45) is 4.77. The van der Waals surface area contributed by atoms with Crippen molar-refractivity contribution in [3.05, 3.63) is 29.8 Å². The van der Waals surface area contributed by atoms with Crippen molar-refractivity contribution in [3.63, 3.8) is 0 Å². The molecule has 0 heterocycles. The number of aliphatic carboxylic acids is 1. The van der Waals surface area contributed by atoms with Gasteiger partial charge < -0.3 is 14.7 Å². The SMILES string of the molecule is COC1CCC(N(CCC(=O)O)c2ccccc2C)CC1. The van der Waals surface area contributed by atoms with Crippen molar-refractivity contribution < 1.29 is 14.6 Å². The molecule has 1 aromatic carbocycles. The monoisotopic (exact) mass is 291 g/mol. The van der Waals surface area contributed by atoms with Crippen molar-refractivity contribution in [3.8, 4) is 0 Å². The lowest BCUT2D eigenvalue weighted by molar-refractivity contribution is -0.136. The summed E-state index contributed by atoms with van der Waals surface area (Å²) in [6.45, 7) is 2.66. The zero-order chi connectivity index (χ0) is 15.2. The Morgan fingerprint density at radius 3 is 2.52 bits per heavy atom. The maximum absolute atomic E-state index is 11.0. The van der Waals surface area contributed by atoms with Crippen molar-refractivity contribution in [2.45, 2.75) is 51.2 Å². The molecule has 0 radical (unpaired) electrons. The summed E-state index contributed by atoms with van der Waals surface area (Å²) in [6, 6.07) is 8.65. The minimum Gasteiger partial charge on any atom is -0.481 e. The molecule has 2 rings (SSSR count). The first-order valence-corrected chi connectivity index (χ1v) is 7.68. The lowest BCUT2D eigenvalue weighted by Crippen LogP contribution is -2.41. The number of carbonyl (C=O) groups is 1. The van der Waals surface area contributed by atoms with Gasteiger partial charge in [-0.25, -0.2) is 0 Å². The fraction of sp³-hybridized carbons (Fsp3) is 0.588. The third-order valence-corrected chi connectivity index (χ3v) is 4.41. The maximum Gasteiger partial charge on any atom is 0.305 e. The molecule has 0 spiro atoms. The van der Waals surface area contributed by atoms with Crippen molar-refractivity contribution in [2.75, 3.05) is 18.6 Å². The molecule has 1 aliphatic carbocycles. The highest BCUT2D eigenvalue weighted by molar-refractivity contribution is 5.68. The highest BCUT2D eigenvalue weighted by atomic mass is 16.5. The summed E-state index contributed by atoms with van der Waals surface area (Å²) in [5.41, 5.74) is 2.37. The molecule has 1 N–H and O–H groups in total. The van der Waals surface area contributed by atoms with Crippen LogP contribution in [0.1, 0.15) is 37.7 Å². The predicted molar refractivity (Wildman–Crippen MR) is 83.8 cm³/mol. The number of para-hydroxylation sites is 1.